The average Bonchev–Trinajstić information content (AvgIpc) is 3.24. The monoisotopic (exact) mass is 312 g/mol. The minimum Gasteiger partial charge on any atom is -0.444 e. The Balaban J connectivity index is 1.46. The number of carbonyl (C=O) groups is 1. The molecular weight excluding hydrogens is 292 g/mol. The van der Waals surface area contributed by atoms with Crippen molar-refractivity contribution in [2.75, 3.05) is 13.2 Å². The minimum atomic E-state index is 0.123. The van der Waals surface area contributed by atoms with Crippen molar-refractivity contribution >= 4 is 5.91 Å². The zero-order valence-corrected chi connectivity index (χ0v) is 13.0. The summed E-state index contributed by atoms with van der Waals surface area (Å²) in [6.07, 6.45) is 5.36. The summed E-state index contributed by atoms with van der Waals surface area (Å²) in [6, 6.07) is 9.98. The summed E-state index contributed by atoms with van der Waals surface area (Å²) in [5.41, 5.74) is 1.61. The van der Waals surface area contributed by atoms with E-state index in [4.69, 9.17) is 9.15 Å². The summed E-state index contributed by atoms with van der Waals surface area (Å²) in [6.45, 7) is 1.32. The molecule has 2 aliphatic rings. The van der Waals surface area contributed by atoms with Gasteiger partial charge in [0.15, 0.2) is 0 Å². The Bertz CT molecular complexity index is 683. The number of fused-ring (bicyclic) bond motifs is 1. The molecule has 2 heterocycles. The number of morpholine rings is 1. The van der Waals surface area contributed by atoms with Crippen LogP contribution < -0.4 is 0 Å². The van der Waals surface area contributed by atoms with Gasteiger partial charge in [-0.05, 0) is 31.4 Å². The molecule has 0 spiro atoms. The maximum Gasteiger partial charge on any atom is 0.229 e. The number of hydrogen-bond acceptors (Lipinski definition) is 4. The molecule has 4 rings (SSSR count). The third-order valence-corrected chi connectivity index (χ3v) is 4.71. The van der Waals surface area contributed by atoms with Crippen molar-refractivity contribution in [3.63, 3.8) is 0 Å². The number of oxazole rings is 1. The predicted molar refractivity (Wildman–Crippen MR) is 84.7 cm³/mol. The lowest BCUT2D eigenvalue weighted by Crippen LogP contribution is -2.51. The van der Waals surface area contributed by atoms with Crippen molar-refractivity contribution in [2.24, 2.45) is 0 Å². The smallest absolute Gasteiger partial charge is 0.229 e. The molecular formula is C18H20N2O3. The zero-order valence-electron chi connectivity index (χ0n) is 13.0. The first kappa shape index (κ1) is 14.5. The lowest BCUT2D eigenvalue weighted by Gasteiger charge is -2.37. The molecule has 2 fully saturated rings. The van der Waals surface area contributed by atoms with Crippen molar-refractivity contribution in [3.05, 3.63) is 42.3 Å². The molecule has 0 N–H and O–H groups in total. The van der Waals surface area contributed by atoms with Crippen molar-refractivity contribution < 1.29 is 13.9 Å². The number of benzene rings is 1. The molecule has 1 saturated carbocycles. The molecule has 5 heteroatoms. The SMILES string of the molecule is O=C(Cc1coc(-c2ccccc2)n1)N1CCO[C@@H]2CCC[C@@H]21. The summed E-state index contributed by atoms with van der Waals surface area (Å²) in [4.78, 5) is 19.1. The third-order valence-electron chi connectivity index (χ3n) is 4.71. The van der Waals surface area contributed by atoms with Crippen LogP contribution in [-0.2, 0) is 16.0 Å². The van der Waals surface area contributed by atoms with Gasteiger partial charge >= 0.3 is 0 Å². The lowest BCUT2D eigenvalue weighted by atomic mass is 10.1. The van der Waals surface area contributed by atoms with Crippen LogP contribution in [-0.4, -0.2) is 41.1 Å². The highest BCUT2D eigenvalue weighted by Crippen LogP contribution is 2.30. The van der Waals surface area contributed by atoms with Crippen LogP contribution in [0.3, 0.4) is 0 Å². The maximum atomic E-state index is 12.6. The second-order valence-corrected chi connectivity index (χ2v) is 6.18. The first-order valence-corrected chi connectivity index (χ1v) is 8.22. The second kappa shape index (κ2) is 6.16. The van der Waals surface area contributed by atoms with E-state index in [0.29, 0.717) is 31.2 Å². The van der Waals surface area contributed by atoms with Crippen LogP contribution in [0, 0.1) is 0 Å². The van der Waals surface area contributed by atoms with Crippen molar-refractivity contribution in [3.8, 4) is 11.5 Å². The molecule has 0 radical (unpaired) electrons. The Morgan fingerprint density at radius 1 is 1.26 bits per heavy atom. The fourth-order valence-electron chi connectivity index (χ4n) is 3.59. The van der Waals surface area contributed by atoms with Gasteiger partial charge in [-0.1, -0.05) is 18.2 Å². The number of carbonyl (C=O) groups excluding carboxylic acids is 1. The predicted octanol–water partition coefficient (Wildman–Crippen LogP) is 2.66. The Hall–Kier alpha value is -2.14. The zero-order chi connectivity index (χ0) is 15.6. The number of hydrogen-bond donors (Lipinski definition) is 0. The first-order valence-electron chi connectivity index (χ1n) is 8.22. The first-order chi connectivity index (χ1) is 11.3. The standard InChI is InChI=1S/C18H20N2O3/c21-17(20-9-10-22-16-8-4-7-15(16)20)11-14-12-23-18(19-14)13-5-2-1-3-6-13/h1-3,5-6,12,15-16H,4,7-11H2/t15-,16+/m0/s1. The van der Waals surface area contributed by atoms with Crippen LogP contribution in [0.5, 0.6) is 0 Å². The van der Waals surface area contributed by atoms with Crippen molar-refractivity contribution in [1.82, 2.24) is 9.88 Å². The largest absolute Gasteiger partial charge is 0.444 e. The van der Waals surface area contributed by atoms with E-state index in [2.05, 4.69) is 4.98 Å². The van der Waals surface area contributed by atoms with Crippen LogP contribution in [0.15, 0.2) is 41.0 Å². The summed E-state index contributed by atoms with van der Waals surface area (Å²) in [5.74, 6) is 0.687. The highest BCUT2D eigenvalue weighted by atomic mass is 16.5. The Morgan fingerprint density at radius 3 is 3.00 bits per heavy atom. The molecule has 2 atom stereocenters. The fourth-order valence-corrected chi connectivity index (χ4v) is 3.59. The van der Waals surface area contributed by atoms with E-state index in [-0.39, 0.29) is 18.1 Å². The van der Waals surface area contributed by atoms with Gasteiger partial charge in [0, 0.05) is 12.1 Å². The van der Waals surface area contributed by atoms with E-state index in [0.717, 1.165) is 24.8 Å². The van der Waals surface area contributed by atoms with Gasteiger partial charge in [-0.25, -0.2) is 4.98 Å². The van der Waals surface area contributed by atoms with Crippen LogP contribution in [0.4, 0.5) is 0 Å². The van der Waals surface area contributed by atoms with Crippen LogP contribution >= 0.6 is 0 Å². The summed E-state index contributed by atoms with van der Waals surface area (Å²) >= 11 is 0. The number of nitrogens with zero attached hydrogens (tertiary/aromatic N) is 2. The molecule has 1 aliphatic carbocycles. The van der Waals surface area contributed by atoms with Gasteiger partial charge in [0.2, 0.25) is 11.8 Å². The van der Waals surface area contributed by atoms with Crippen molar-refractivity contribution in [2.45, 2.75) is 37.8 Å². The molecule has 1 saturated heterocycles. The number of rotatable bonds is 3. The summed E-state index contributed by atoms with van der Waals surface area (Å²) in [5, 5.41) is 0. The molecule has 23 heavy (non-hydrogen) atoms. The molecule has 0 bridgehead atoms. The van der Waals surface area contributed by atoms with Gasteiger partial charge in [-0.3, -0.25) is 4.79 Å². The van der Waals surface area contributed by atoms with E-state index in [1.165, 1.54) is 0 Å². The van der Waals surface area contributed by atoms with E-state index < -0.39 is 0 Å². The van der Waals surface area contributed by atoms with Gasteiger partial charge in [0.1, 0.15) is 6.26 Å². The molecule has 1 aromatic heterocycles. The summed E-state index contributed by atoms with van der Waals surface area (Å²) in [7, 11) is 0. The topological polar surface area (TPSA) is 55.6 Å². The normalized spacial score (nSPS) is 23.7. The van der Waals surface area contributed by atoms with Gasteiger partial charge in [-0.2, -0.15) is 0 Å². The highest BCUT2D eigenvalue weighted by molar-refractivity contribution is 5.79. The molecule has 0 unspecified atom stereocenters. The molecule has 1 amide bonds. The van der Waals surface area contributed by atoms with Crippen LogP contribution in [0.25, 0.3) is 11.5 Å². The molecule has 1 aliphatic heterocycles. The highest BCUT2D eigenvalue weighted by Gasteiger charge is 2.38. The van der Waals surface area contributed by atoms with Crippen LogP contribution in [0.1, 0.15) is 25.0 Å². The van der Waals surface area contributed by atoms with Crippen molar-refractivity contribution in [1.29, 1.82) is 0 Å². The van der Waals surface area contributed by atoms with Gasteiger partial charge in [-0.15, -0.1) is 0 Å². The quantitative estimate of drug-likeness (QED) is 0.874. The van der Waals surface area contributed by atoms with E-state index in [1.807, 2.05) is 35.2 Å². The molecule has 2 aromatic rings. The third kappa shape index (κ3) is 2.88. The van der Waals surface area contributed by atoms with Crippen LogP contribution in [0.2, 0.25) is 0 Å². The lowest BCUT2D eigenvalue weighted by molar-refractivity contribution is -0.143. The Labute approximate surface area is 135 Å². The Kier molecular flexibility index (Phi) is 3.87. The summed E-state index contributed by atoms with van der Waals surface area (Å²) < 4.78 is 11.3. The van der Waals surface area contributed by atoms with Gasteiger partial charge < -0.3 is 14.1 Å². The van der Waals surface area contributed by atoms with Gasteiger partial charge in [0.05, 0.1) is 30.9 Å². The number of ether oxygens (including phenoxy) is 1. The fraction of sp³-hybridized carbons (Fsp3) is 0.444. The van der Waals surface area contributed by atoms with E-state index in [1.54, 1.807) is 6.26 Å². The number of amides is 1. The number of aromatic nitrogens is 1. The second-order valence-electron chi connectivity index (χ2n) is 6.18. The van der Waals surface area contributed by atoms with Gasteiger partial charge in [0.25, 0.3) is 0 Å². The molecule has 120 valence electrons. The molecule has 5 nitrogen and oxygen atoms in total. The maximum absolute atomic E-state index is 12.6. The Morgan fingerprint density at radius 2 is 2.13 bits per heavy atom. The average molecular weight is 312 g/mol. The van der Waals surface area contributed by atoms with E-state index >= 15 is 0 Å². The van der Waals surface area contributed by atoms with E-state index in [9.17, 15) is 4.79 Å². The minimum absolute atomic E-state index is 0.123. The molecule has 1 aromatic carbocycles.